The zero-order valence-corrected chi connectivity index (χ0v) is 23.2. The Bertz CT molecular complexity index is 1320. The average Bonchev–Trinajstić information content (AvgIpc) is 3.39. The Morgan fingerprint density at radius 1 is 1.22 bits per heavy atom. The molecule has 0 saturated heterocycles. The van der Waals surface area contributed by atoms with Crippen molar-refractivity contribution in [3.8, 4) is 10.6 Å². The molecule has 0 fully saturated rings. The van der Waals surface area contributed by atoms with Crippen molar-refractivity contribution in [3.05, 3.63) is 46.9 Å². The van der Waals surface area contributed by atoms with Crippen molar-refractivity contribution in [2.24, 2.45) is 0 Å². The fraction of sp³-hybridized carbons (Fsp3) is 0.423. The van der Waals surface area contributed by atoms with Crippen molar-refractivity contribution in [1.82, 2.24) is 9.88 Å². The number of halogens is 3. The second kappa shape index (κ2) is 10.8. The minimum atomic E-state index is -4.47. The van der Waals surface area contributed by atoms with Gasteiger partial charge in [-0.3, -0.25) is 4.79 Å². The number of nitrogens with one attached hydrogen (secondary N) is 1. The van der Waals surface area contributed by atoms with Crippen LogP contribution in [0.4, 0.5) is 23.0 Å². The van der Waals surface area contributed by atoms with Crippen LogP contribution in [0.15, 0.2) is 30.9 Å². The lowest BCUT2D eigenvalue weighted by Crippen LogP contribution is -2.41. The molecule has 200 valence electrons. The van der Waals surface area contributed by atoms with E-state index in [4.69, 9.17) is 4.74 Å². The zero-order chi connectivity index (χ0) is 27.7. The molecule has 2 amide bonds. The van der Waals surface area contributed by atoms with E-state index in [1.165, 1.54) is 28.7 Å². The number of amides is 2. The lowest BCUT2D eigenvalue weighted by molar-refractivity contribution is -0.137. The van der Waals surface area contributed by atoms with E-state index < -0.39 is 29.3 Å². The van der Waals surface area contributed by atoms with Gasteiger partial charge in [-0.25, -0.2) is 9.78 Å². The number of rotatable bonds is 3. The molecule has 4 rings (SSSR count). The number of anilines is 1. The number of carbonyl (C=O) groups excluding carboxylic acids is 2. The second-order valence-electron chi connectivity index (χ2n) is 9.14. The Labute approximate surface area is 222 Å². The van der Waals surface area contributed by atoms with Crippen LogP contribution >= 0.6 is 22.7 Å². The van der Waals surface area contributed by atoms with Crippen LogP contribution in [0.2, 0.25) is 0 Å². The molecule has 2 aromatic heterocycles. The third-order valence-electron chi connectivity index (χ3n) is 5.47. The van der Waals surface area contributed by atoms with Crippen LogP contribution in [0.1, 0.15) is 63.6 Å². The smallest absolute Gasteiger partial charge is 0.416 e. The minimum Gasteiger partial charge on any atom is -0.444 e. The molecule has 0 saturated carbocycles. The zero-order valence-electron chi connectivity index (χ0n) is 21.6. The van der Waals surface area contributed by atoms with Crippen molar-refractivity contribution >= 4 is 49.9 Å². The van der Waals surface area contributed by atoms with Crippen molar-refractivity contribution in [1.29, 1.82) is 0 Å². The predicted octanol–water partition coefficient (Wildman–Crippen LogP) is 8.05. The summed E-state index contributed by atoms with van der Waals surface area (Å²) in [4.78, 5) is 31.9. The van der Waals surface area contributed by atoms with Crippen LogP contribution in [-0.4, -0.2) is 34.0 Å². The highest BCUT2D eigenvalue weighted by Gasteiger charge is 2.36. The van der Waals surface area contributed by atoms with Gasteiger partial charge in [0, 0.05) is 17.0 Å². The number of aromatic nitrogens is 1. The van der Waals surface area contributed by atoms with E-state index in [9.17, 15) is 22.8 Å². The summed E-state index contributed by atoms with van der Waals surface area (Å²) in [6.45, 7) is 15.2. The van der Waals surface area contributed by atoms with E-state index in [2.05, 4.69) is 16.9 Å². The van der Waals surface area contributed by atoms with E-state index >= 15 is 0 Å². The standard InChI is InChI=1S/C24H24F3N3O3S2.C2H6/c1-6-17(31)29-21-18(20-28-15-11-13(24(25,26)27)7-8-16(15)34-20)14-9-10-30(12(2)19(14)35-21)22(32)33-23(3,4)5;1-2/h6-8,11-12H,1,9-10H2,2-5H3,(H,29,31);1-2H3. The fourth-order valence-corrected chi connectivity index (χ4v) is 6.30. The number of fused-ring (bicyclic) bond motifs is 2. The first-order chi connectivity index (χ1) is 17.3. The van der Waals surface area contributed by atoms with Gasteiger partial charge >= 0.3 is 12.3 Å². The van der Waals surface area contributed by atoms with Gasteiger partial charge in [0.15, 0.2) is 0 Å². The molecule has 1 atom stereocenters. The van der Waals surface area contributed by atoms with Gasteiger partial charge in [-0.05, 0) is 64.0 Å². The average molecular weight is 554 g/mol. The Kier molecular flexibility index (Phi) is 8.38. The van der Waals surface area contributed by atoms with Crippen molar-refractivity contribution < 1.29 is 27.5 Å². The molecule has 6 nitrogen and oxygen atoms in total. The van der Waals surface area contributed by atoms with E-state index in [0.717, 1.165) is 28.6 Å². The molecule has 3 heterocycles. The first kappa shape index (κ1) is 28.6. The molecule has 0 bridgehead atoms. The topological polar surface area (TPSA) is 71.5 Å². The Morgan fingerprint density at radius 2 is 1.89 bits per heavy atom. The molecular formula is C26H30F3N3O3S2. The van der Waals surface area contributed by atoms with E-state index in [-0.39, 0.29) is 11.6 Å². The Hall–Kier alpha value is -2.92. The maximum absolute atomic E-state index is 13.2. The molecule has 1 aliphatic rings. The normalized spacial score (nSPS) is 15.5. The molecule has 1 N–H and O–H groups in total. The van der Waals surface area contributed by atoms with E-state index in [1.54, 1.807) is 25.7 Å². The lowest BCUT2D eigenvalue weighted by Gasteiger charge is -2.35. The molecule has 0 radical (unpaired) electrons. The van der Waals surface area contributed by atoms with E-state index in [1.807, 2.05) is 20.8 Å². The summed E-state index contributed by atoms with van der Waals surface area (Å²) in [6, 6.07) is 3.16. The number of nitrogens with zero attached hydrogens (tertiary/aromatic N) is 2. The lowest BCUT2D eigenvalue weighted by atomic mass is 9.98. The van der Waals surface area contributed by atoms with Crippen LogP contribution in [-0.2, 0) is 22.1 Å². The molecule has 0 aliphatic carbocycles. The summed E-state index contributed by atoms with van der Waals surface area (Å²) < 4.78 is 45.7. The number of carbonyl (C=O) groups is 2. The fourth-order valence-electron chi connectivity index (χ4n) is 3.89. The highest BCUT2D eigenvalue weighted by Crippen LogP contribution is 2.49. The van der Waals surface area contributed by atoms with Gasteiger partial charge in [0.05, 0.1) is 21.8 Å². The van der Waals surface area contributed by atoms with Crippen LogP contribution < -0.4 is 5.32 Å². The van der Waals surface area contributed by atoms with Crippen LogP contribution in [0.25, 0.3) is 20.8 Å². The summed E-state index contributed by atoms with van der Waals surface area (Å²) in [5, 5.41) is 3.84. The number of alkyl halides is 3. The largest absolute Gasteiger partial charge is 0.444 e. The first-order valence-electron chi connectivity index (χ1n) is 11.8. The number of ether oxygens (including phenoxy) is 1. The Balaban J connectivity index is 0.00000186. The predicted molar refractivity (Wildman–Crippen MR) is 143 cm³/mol. The summed E-state index contributed by atoms with van der Waals surface area (Å²) in [5.41, 5.74) is 0.412. The van der Waals surface area contributed by atoms with Gasteiger partial charge in [-0.1, -0.05) is 20.4 Å². The van der Waals surface area contributed by atoms with Crippen LogP contribution in [0, 0.1) is 0 Å². The summed E-state index contributed by atoms with van der Waals surface area (Å²) >= 11 is 2.58. The molecule has 1 unspecified atom stereocenters. The molecule has 3 aromatic rings. The van der Waals surface area contributed by atoms with Crippen LogP contribution in [0.5, 0.6) is 0 Å². The Morgan fingerprint density at radius 3 is 2.49 bits per heavy atom. The van der Waals surface area contributed by atoms with Crippen molar-refractivity contribution in [2.75, 3.05) is 11.9 Å². The van der Waals surface area contributed by atoms with Gasteiger partial charge in [0.25, 0.3) is 0 Å². The molecule has 0 spiro atoms. The molecule has 1 aliphatic heterocycles. The van der Waals surface area contributed by atoms with Crippen molar-refractivity contribution in [3.63, 3.8) is 0 Å². The monoisotopic (exact) mass is 553 g/mol. The van der Waals surface area contributed by atoms with Gasteiger partial charge in [0.2, 0.25) is 5.91 Å². The molecular weight excluding hydrogens is 523 g/mol. The number of benzene rings is 1. The molecule has 1 aromatic carbocycles. The summed E-state index contributed by atoms with van der Waals surface area (Å²) in [5.74, 6) is -0.415. The molecule has 11 heteroatoms. The number of hydrogen-bond donors (Lipinski definition) is 1. The number of hydrogen-bond acceptors (Lipinski definition) is 6. The SMILES string of the molecule is C=CC(=O)Nc1sc2c(c1-c1nc3cc(C(F)(F)F)ccc3s1)CCN(C(=O)OC(C)(C)C)C2C.CC. The molecule has 37 heavy (non-hydrogen) atoms. The van der Waals surface area contributed by atoms with Gasteiger partial charge in [-0.2, -0.15) is 13.2 Å². The summed E-state index contributed by atoms with van der Waals surface area (Å²) in [6.07, 6.45) is -3.27. The highest BCUT2D eigenvalue weighted by atomic mass is 32.1. The van der Waals surface area contributed by atoms with Gasteiger partial charge in [-0.15, -0.1) is 22.7 Å². The number of thiazole rings is 1. The summed E-state index contributed by atoms with van der Waals surface area (Å²) in [7, 11) is 0. The van der Waals surface area contributed by atoms with Gasteiger partial charge in [0.1, 0.15) is 15.6 Å². The highest BCUT2D eigenvalue weighted by molar-refractivity contribution is 7.23. The van der Waals surface area contributed by atoms with E-state index in [0.29, 0.717) is 33.2 Å². The minimum absolute atomic E-state index is 0.236. The second-order valence-corrected chi connectivity index (χ2v) is 11.2. The van der Waals surface area contributed by atoms with Gasteiger partial charge < -0.3 is 15.0 Å². The third-order valence-corrected chi connectivity index (χ3v) is 7.84. The van der Waals surface area contributed by atoms with Crippen LogP contribution in [0.3, 0.4) is 0 Å². The number of thiophene rings is 1. The quantitative estimate of drug-likeness (QED) is 0.333. The maximum atomic E-state index is 13.2. The first-order valence-corrected chi connectivity index (χ1v) is 13.5. The maximum Gasteiger partial charge on any atom is 0.416 e. The van der Waals surface area contributed by atoms with Crippen molar-refractivity contribution in [2.45, 2.75) is 65.8 Å². The third kappa shape index (κ3) is 6.15.